The van der Waals surface area contributed by atoms with E-state index in [2.05, 4.69) is 29.6 Å². The van der Waals surface area contributed by atoms with Crippen LogP contribution in [0, 0.1) is 0 Å². The number of rotatable bonds is 2. The van der Waals surface area contributed by atoms with Crippen LogP contribution in [0.5, 0.6) is 0 Å². The van der Waals surface area contributed by atoms with Crippen LogP contribution in [-0.4, -0.2) is 26.1 Å². The van der Waals surface area contributed by atoms with Crippen LogP contribution in [0.15, 0.2) is 11.8 Å². The Labute approximate surface area is 66.4 Å². The van der Waals surface area contributed by atoms with Gasteiger partial charge in [0.1, 0.15) is 9.68 Å². The first-order chi connectivity index (χ1) is 4.50. The highest BCUT2D eigenvalue weighted by molar-refractivity contribution is 6.49. The number of carbonyl (C=O) groups excluding carboxylic acids is 1. The van der Waals surface area contributed by atoms with E-state index < -0.39 is 6.03 Å². The van der Waals surface area contributed by atoms with Crippen molar-refractivity contribution in [1.82, 2.24) is 4.65 Å². The average molecular weight is 177 g/mol. The van der Waals surface area contributed by atoms with Gasteiger partial charge < -0.3 is 16.1 Å². The first-order valence-corrected chi connectivity index (χ1v) is 5.26. The van der Waals surface area contributed by atoms with Crippen molar-refractivity contribution in [2.45, 2.75) is 6.92 Å². The van der Waals surface area contributed by atoms with Crippen molar-refractivity contribution < 1.29 is 4.79 Å². The second kappa shape index (κ2) is 8.40. The summed E-state index contributed by atoms with van der Waals surface area (Å²) in [6.45, 7) is 5.85. The fourth-order valence-corrected chi connectivity index (χ4v) is 2.72. The smallest absolute Gasteiger partial charge is 0.309 e. The maximum atomic E-state index is 9.00. The van der Waals surface area contributed by atoms with Crippen LogP contribution in [0.4, 0.5) is 4.79 Å². The lowest BCUT2D eigenvalue weighted by molar-refractivity contribution is 0.256. The molecule has 0 aromatic heterocycles. The maximum absolute atomic E-state index is 9.00. The molecule has 0 aliphatic carbocycles. The summed E-state index contributed by atoms with van der Waals surface area (Å²) in [5, 5.41) is 1.35. The van der Waals surface area contributed by atoms with Gasteiger partial charge in [0.25, 0.3) is 0 Å². The molecule has 0 aliphatic rings. The largest absolute Gasteiger partial charge is 0.368 e. The first kappa shape index (κ1) is 12.1. The molecule has 0 heterocycles. The Morgan fingerprint density at radius 1 is 1.70 bits per heavy atom. The van der Waals surface area contributed by atoms with Gasteiger partial charge in [-0.3, -0.25) is 0 Å². The molecule has 0 bridgehead atoms. The summed E-state index contributed by atoms with van der Waals surface area (Å²) in [4.78, 5) is 9.00. The highest BCUT2D eigenvalue weighted by Gasteiger charge is 1.76. The molecule has 0 aromatic rings. The summed E-state index contributed by atoms with van der Waals surface area (Å²) in [6, 6.07) is -0.833. The molecule has 5 N–H and O–H groups in total. The SMILES string of the molecule is C=C(C)[SiH2]N[SiH3].NC(N)=O. The van der Waals surface area contributed by atoms with Crippen LogP contribution in [0.1, 0.15) is 6.92 Å². The number of hydrogen-bond donors (Lipinski definition) is 3. The van der Waals surface area contributed by atoms with Gasteiger partial charge in [-0.1, -0.05) is 5.20 Å². The number of amides is 2. The molecule has 0 saturated carbocycles. The molecule has 2 amide bonds. The summed E-state index contributed by atoms with van der Waals surface area (Å²) >= 11 is 0. The van der Waals surface area contributed by atoms with Crippen LogP contribution in [-0.2, 0) is 0 Å². The van der Waals surface area contributed by atoms with Gasteiger partial charge in [-0.15, -0.1) is 6.58 Å². The fourth-order valence-electron chi connectivity index (χ4n) is 0.302. The third-order valence-electron chi connectivity index (χ3n) is 0.479. The summed E-state index contributed by atoms with van der Waals surface area (Å²) in [7, 11) is 1.11. The Morgan fingerprint density at radius 3 is 2.00 bits per heavy atom. The third kappa shape index (κ3) is 52.5. The number of urea groups is 1. The number of hydrogen-bond acceptors (Lipinski definition) is 2. The van der Waals surface area contributed by atoms with Crippen LogP contribution in [0.2, 0.25) is 0 Å². The van der Waals surface area contributed by atoms with Gasteiger partial charge in [-0.2, -0.15) is 0 Å². The standard InChI is InChI=1S/C3H11NSi2.CH4N2O/c1-3(2)6-4-5;2-1(3)4/h4H,1,6H2,2,5H3;(H4,2,3,4). The normalized spacial score (nSPS) is 8.90. The van der Waals surface area contributed by atoms with E-state index in [9.17, 15) is 0 Å². The second-order valence-electron chi connectivity index (χ2n) is 1.89. The summed E-state index contributed by atoms with van der Waals surface area (Å²) in [6.07, 6.45) is 0. The van der Waals surface area contributed by atoms with Crippen molar-refractivity contribution in [1.29, 1.82) is 0 Å². The van der Waals surface area contributed by atoms with E-state index in [1.807, 2.05) is 0 Å². The molecule has 0 spiro atoms. The van der Waals surface area contributed by atoms with Crippen LogP contribution >= 0.6 is 0 Å². The van der Waals surface area contributed by atoms with Crippen molar-refractivity contribution >= 4 is 26.1 Å². The van der Waals surface area contributed by atoms with E-state index >= 15 is 0 Å². The van der Waals surface area contributed by atoms with Gasteiger partial charge in [0.15, 0.2) is 0 Å². The summed E-state index contributed by atoms with van der Waals surface area (Å²) in [5.74, 6) is 0. The predicted molar refractivity (Wildman–Crippen MR) is 50.2 cm³/mol. The van der Waals surface area contributed by atoms with Crippen molar-refractivity contribution in [3.05, 3.63) is 11.8 Å². The second-order valence-corrected chi connectivity index (χ2v) is 6.28. The zero-order valence-electron chi connectivity index (χ0n) is 6.48. The zero-order chi connectivity index (χ0) is 8.57. The lowest BCUT2D eigenvalue weighted by atomic mass is 10.8. The highest BCUT2D eigenvalue weighted by Crippen LogP contribution is 1.73. The fraction of sp³-hybridized carbons (Fsp3) is 0.250. The Balaban J connectivity index is 0. The van der Waals surface area contributed by atoms with Gasteiger partial charge in [0.05, 0.1) is 10.4 Å². The van der Waals surface area contributed by atoms with Crippen molar-refractivity contribution in [3.63, 3.8) is 0 Å². The quantitative estimate of drug-likeness (QED) is 0.408. The van der Waals surface area contributed by atoms with E-state index in [-0.39, 0.29) is 9.68 Å². The molecule has 10 heavy (non-hydrogen) atoms. The first-order valence-electron chi connectivity index (χ1n) is 2.84. The zero-order valence-corrected chi connectivity index (χ0v) is 9.89. The lowest BCUT2D eigenvalue weighted by Gasteiger charge is -1.89. The molecular weight excluding hydrogens is 162 g/mol. The van der Waals surface area contributed by atoms with Crippen LogP contribution in [0.3, 0.4) is 0 Å². The van der Waals surface area contributed by atoms with Gasteiger partial charge in [-0.05, 0) is 6.92 Å². The topological polar surface area (TPSA) is 81.1 Å². The Bertz CT molecular complexity index is 113. The molecule has 0 aromatic carbocycles. The number of nitrogens with two attached hydrogens (primary N) is 2. The number of nitrogens with one attached hydrogen (secondary N) is 1. The molecule has 0 radical (unpaired) electrons. The molecule has 4 nitrogen and oxygen atoms in total. The van der Waals surface area contributed by atoms with Gasteiger partial charge in [0, 0.05) is 0 Å². The maximum Gasteiger partial charge on any atom is 0.309 e. The van der Waals surface area contributed by atoms with Gasteiger partial charge >= 0.3 is 6.03 Å². The average Bonchev–Trinajstić information content (AvgIpc) is 1.62. The van der Waals surface area contributed by atoms with Crippen molar-refractivity contribution in [3.8, 4) is 0 Å². The van der Waals surface area contributed by atoms with Gasteiger partial charge in [0.2, 0.25) is 0 Å². The third-order valence-corrected chi connectivity index (χ3v) is 2.50. The molecule has 0 fully saturated rings. The van der Waals surface area contributed by atoms with E-state index in [1.54, 1.807) is 0 Å². The van der Waals surface area contributed by atoms with E-state index in [1.165, 1.54) is 5.20 Å². The number of primary amides is 2. The highest BCUT2D eigenvalue weighted by atomic mass is 28.3. The minimum atomic E-state index is -0.833. The van der Waals surface area contributed by atoms with Crippen LogP contribution < -0.4 is 16.1 Å². The number of carbonyl (C=O) groups is 1. The molecule has 0 rings (SSSR count). The minimum Gasteiger partial charge on any atom is -0.368 e. The van der Waals surface area contributed by atoms with Crippen molar-refractivity contribution in [2.75, 3.05) is 0 Å². The molecule has 0 saturated heterocycles. The minimum absolute atomic E-state index is 0.0262. The van der Waals surface area contributed by atoms with Crippen LogP contribution in [0.25, 0.3) is 0 Å². The molecule has 0 unspecified atom stereocenters. The molecule has 60 valence electrons. The molecule has 6 heteroatoms. The Morgan fingerprint density at radius 2 is 2.00 bits per heavy atom. The van der Waals surface area contributed by atoms with Gasteiger partial charge in [-0.25, -0.2) is 4.79 Å². The summed E-state index contributed by atoms with van der Waals surface area (Å²) < 4.78 is 3.25. The Kier molecular flexibility index (Phi) is 10.2. The van der Waals surface area contributed by atoms with E-state index in [0.717, 1.165) is 10.4 Å². The monoisotopic (exact) mass is 177 g/mol. The Hall–Kier alpha value is -0.596. The molecule has 0 atom stereocenters. The van der Waals surface area contributed by atoms with Crippen molar-refractivity contribution in [2.24, 2.45) is 11.5 Å². The molecule has 0 aliphatic heterocycles. The summed E-state index contributed by atoms with van der Waals surface area (Å²) in [5.41, 5.74) is 8.50. The predicted octanol–water partition coefficient (Wildman–Crippen LogP) is -2.50. The molecular formula is C4H15N3OSi2. The lowest BCUT2D eigenvalue weighted by Crippen LogP contribution is -2.18. The van der Waals surface area contributed by atoms with E-state index in [4.69, 9.17) is 4.79 Å². The number of allylic oxidation sites excluding steroid dienone is 1. The van der Waals surface area contributed by atoms with E-state index in [0.29, 0.717) is 0 Å².